The molecule has 0 spiro atoms. The van der Waals surface area contributed by atoms with Crippen LogP contribution in [0.25, 0.3) is 22.6 Å². The highest BCUT2D eigenvalue weighted by atomic mass is 16.1. The van der Waals surface area contributed by atoms with Gasteiger partial charge in [-0.25, -0.2) is 15.0 Å². The smallest absolute Gasteiger partial charge is 0.270 e. The summed E-state index contributed by atoms with van der Waals surface area (Å²) in [5.41, 5.74) is 4.87. The van der Waals surface area contributed by atoms with Crippen LogP contribution in [0.15, 0.2) is 67.3 Å². The van der Waals surface area contributed by atoms with Gasteiger partial charge in [-0.05, 0) is 25.1 Å². The van der Waals surface area contributed by atoms with Crippen LogP contribution in [0.4, 0.5) is 0 Å². The molecular weight excluding hydrogens is 352 g/mol. The highest BCUT2D eigenvalue weighted by Crippen LogP contribution is 2.29. The summed E-state index contributed by atoms with van der Waals surface area (Å²) in [6.45, 7) is 2.29. The van der Waals surface area contributed by atoms with E-state index in [1.165, 1.54) is 18.1 Å². The van der Waals surface area contributed by atoms with E-state index in [-0.39, 0.29) is 12.5 Å². The van der Waals surface area contributed by atoms with Crippen LogP contribution in [0.2, 0.25) is 0 Å². The lowest BCUT2D eigenvalue weighted by molar-refractivity contribution is 0.0945. The van der Waals surface area contributed by atoms with Crippen LogP contribution in [0.5, 0.6) is 0 Å². The first-order valence-corrected chi connectivity index (χ1v) is 8.82. The van der Waals surface area contributed by atoms with E-state index < -0.39 is 0 Å². The van der Waals surface area contributed by atoms with E-state index in [2.05, 4.69) is 25.3 Å². The van der Waals surface area contributed by atoms with Crippen molar-refractivity contribution in [2.75, 3.05) is 0 Å². The average Bonchev–Trinajstić information content (AvgIpc) is 3.18. The number of hydrogen-bond acceptors (Lipinski definition) is 5. The Morgan fingerprint density at radius 3 is 2.61 bits per heavy atom. The zero-order valence-electron chi connectivity index (χ0n) is 15.3. The summed E-state index contributed by atoms with van der Waals surface area (Å²) in [4.78, 5) is 32.4. The minimum atomic E-state index is -0.282. The van der Waals surface area contributed by atoms with Gasteiger partial charge in [-0.2, -0.15) is 0 Å². The Bertz CT molecular complexity index is 1080. The van der Waals surface area contributed by atoms with Crippen LogP contribution < -0.4 is 5.32 Å². The summed E-state index contributed by atoms with van der Waals surface area (Å²) >= 11 is 0. The van der Waals surface area contributed by atoms with Gasteiger partial charge < -0.3 is 10.3 Å². The number of nitrogens with zero attached hydrogens (tertiary/aromatic N) is 4. The van der Waals surface area contributed by atoms with Crippen molar-refractivity contribution in [2.45, 2.75) is 13.5 Å². The molecule has 7 heteroatoms. The minimum Gasteiger partial charge on any atom is -0.343 e. The molecule has 0 aliphatic rings. The van der Waals surface area contributed by atoms with Crippen LogP contribution in [0.3, 0.4) is 0 Å². The van der Waals surface area contributed by atoms with Crippen LogP contribution in [-0.2, 0) is 6.54 Å². The van der Waals surface area contributed by atoms with E-state index in [0.29, 0.717) is 11.5 Å². The van der Waals surface area contributed by atoms with Crippen molar-refractivity contribution in [3.8, 4) is 22.6 Å². The Balaban J connectivity index is 1.63. The van der Waals surface area contributed by atoms with Crippen molar-refractivity contribution in [1.29, 1.82) is 0 Å². The van der Waals surface area contributed by atoms with Gasteiger partial charge >= 0.3 is 0 Å². The van der Waals surface area contributed by atoms with E-state index in [0.717, 1.165) is 22.6 Å². The van der Waals surface area contributed by atoms with Crippen molar-refractivity contribution >= 4 is 5.91 Å². The first-order chi connectivity index (χ1) is 13.7. The number of hydrogen-bond donors (Lipinski definition) is 2. The quantitative estimate of drug-likeness (QED) is 0.562. The molecule has 0 bridgehead atoms. The van der Waals surface area contributed by atoms with Crippen LogP contribution in [0, 0.1) is 6.92 Å². The van der Waals surface area contributed by atoms with E-state index in [9.17, 15) is 4.79 Å². The highest BCUT2D eigenvalue weighted by Gasteiger charge is 2.16. The van der Waals surface area contributed by atoms with E-state index in [1.54, 1.807) is 12.3 Å². The fourth-order valence-corrected chi connectivity index (χ4v) is 2.80. The largest absolute Gasteiger partial charge is 0.343 e. The molecule has 1 aromatic carbocycles. The molecule has 4 aromatic rings. The summed E-state index contributed by atoms with van der Waals surface area (Å²) in [5, 5.41) is 2.82. The molecule has 0 aliphatic heterocycles. The van der Waals surface area contributed by atoms with E-state index >= 15 is 0 Å². The molecule has 0 radical (unpaired) electrons. The number of amides is 1. The number of imidazole rings is 1. The SMILES string of the molecule is Cc1ccc(-c2nc(CNC(=O)c3ccncn3)[nH]c2-c2ccccn2)cc1. The number of carbonyl (C=O) groups excluding carboxylic acids is 1. The van der Waals surface area contributed by atoms with Crippen molar-refractivity contribution in [3.05, 3.63) is 84.3 Å². The van der Waals surface area contributed by atoms with Crippen molar-refractivity contribution in [3.63, 3.8) is 0 Å². The van der Waals surface area contributed by atoms with Crippen molar-refractivity contribution in [2.24, 2.45) is 0 Å². The van der Waals surface area contributed by atoms with Gasteiger partial charge in [-0.15, -0.1) is 0 Å². The van der Waals surface area contributed by atoms with E-state index in [1.807, 2.05) is 49.4 Å². The van der Waals surface area contributed by atoms with Crippen LogP contribution in [0.1, 0.15) is 21.9 Å². The Hall–Kier alpha value is -3.87. The predicted octanol–water partition coefficient (Wildman–Crippen LogP) is 3.17. The summed E-state index contributed by atoms with van der Waals surface area (Å²) in [7, 11) is 0. The summed E-state index contributed by atoms with van der Waals surface area (Å²) in [5.74, 6) is 0.355. The molecule has 3 aromatic heterocycles. The van der Waals surface area contributed by atoms with E-state index in [4.69, 9.17) is 4.98 Å². The molecule has 28 heavy (non-hydrogen) atoms. The molecule has 0 atom stereocenters. The molecule has 0 saturated carbocycles. The maximum Gasteiger partial charge on any atom is 0.270 e. The number of pyridine rings is 1. The third-order valence-electron chi connectivity index (χ3n) is 4.23. The maximum absolute atomic E-state index is 12.2. The molecular formula is C21H18N6O. The number of H-pyrrole nitrogens is 1. The van der Waals surface area contributed by atoms with Crippen LogP contribution in [-0.4, -0.2) is 30.8 Å². The number of carbonyl (C=O) groups is 1. The molecule has 0 aliphatic carbocycles. The topological polar surface area (TPSA) is 96.5 Å². The standard InChI is InChI=1S/C21H18N6O/c1-14-5-7-15(8-6-14)19-20(16-4-2-3-10-23-16)27-18(26-19)12-24-21(28)17-9-11-22-13-25-17/h2-11,13H,12H2,1H3,(H,24,28)(H,26,27). The van der Waals surface area contributed by atoms with Gasteiger partial charge in [0.2, 0.25) is 0 Å². The van der Waals surface area contributed by atoms with Gasteiger partial charge in [0.15, 0.2) is 0 Å². The first-order valence-electron chi connectivity index (χ1n) is 8.82. The average molecular weight is 370 g/mol. The Labute approximate surface area is 161 Å². The van der Waals surface area contributed by atoms with Crippen molar-refractivity contribution < 1.29 is 4.79 Å². The van der Waals surface area contributed by atoms with Gasteiger partial charge in [0.25, 0.3) is 5.91 Å². The second-order valence-corrected chi connectivity index (χ2v) is 6.27. The number of benzene rings is 1. The van der Waals surface area contributed by atoms with Gasteiger partial charge in [0.1, 0.15) is 17.8 Å². The van der Waals surface area contributed by atoms with Crippen LogP contribution >= 0.6 is 0 Å². The Morgan fingerprint density at radius 2 is 1.89 bits per heavy atom. The third kappa shape index (κ3) is 3.78. The lowest BCUT2D eigenvalue weighted by Crippen LogP contribution is -2.24. The van der Waals surface area contributed by atoms with Gasteiger partial charge in [0.05, 0.1) is 23.6 Å². The molecule has 0 saturated heterocycles. The van der Waals surface area contributed by atoms with Gasteiger partial charge in [0, 0.05) is 18.0 Å². The number of aromatic amines is 1. The molecule has 1 amide bonds. The zero-order chi connectivity index (χ0) is 19.3. The first kappa shape index (κ1) is 17.5. The number of aryl methyl sites for hydroxylation is 1. The monoisotopic (exact) mass is 370 g/mol. The lowest BCUT2D eigenvalue weighted by atomic mass is 10.1. The summed E-state index contributed by atoms with van der Waals surface area (Å²) in [6.07, 6.45) is 4.62. The number of aromatic nitrogens is 5. The second kappa shape index (κ2) is 7.79. The minimum absolute atomic E-state index is 0.245. The maximum atomic E-state index is 12.2. The second-order valence-electron chi connectivity index (χ2n) is 6.27. The number of rotatable bonds is 5. The molecule has 0 unspecified atom stereocenters. The fraction of sp³-hybridized carbons (Fsp3) is 0.0952. The molecule has 4 rings (SSSR count). The third-order valence-corrected chi connectivity index (χ3v) is 4.23. The Kier molecular flexibility index (Phi) is 4.88. The molecule has 3 heterocycles. The number of nitrogens with one attached hydrogen (secondary N) is 2. The normalized spacial score (nSPS) is 10.6. The molecule has 138 valence electrons. The zero-order valence-corrected chi connectivity index (χ0v) is 15.3. The summed E-state index contributed by atoms with van der Waals surface area (Å²) < 4.78 is 0. The van der Waals surface area contributed by atoms with Gasteiger partial charge in [-0.3, -0.25) is 9.78 Å². The lowest BCUT2D eigenvalue weighted by Gasteiger charge is -2.02. The molecule has 0 fully saturated rings. The van der Waals surface area contributed by atoms with Crippen molar-refractivity contribution in [1.82, 2.24) is 30.2 Å². The van der Waals surface area contributed by atoms with Gasteiger partial charge in [-0.1, -0.05) is 35.9 Å². The predicted molar refractivity (Wildman–Crippen MR) is 105 cm³/mol. The fourth-order valence-electron chi connectivity index (χ4n) is 2.80. The molecule has 7 nitrogen and oxygen atoms in total. The molecule has 2 N–H and O–H groups in total. The Morgan fingerprint density at radius 1 is 1.04 bits per heavy atom. The highest BCUT2D eigenvalue weighted by molar-refractivity contribution is 5.92. The summed E-state index contributed by atoms with van der Waals surface area (Å²) in [6, 6.07) is 15.4.